The van der Waals surface area contributed by atoms with Crippen LogP contribution in [-0.2, 0) is 20.1 Å². The monoisotopic (exact) mass is 944 g/mol. The van der Waals surface area contributed by atoms with Gasteiger partial charge in [-0.1, -0.05) is 101 Å². The molecule has 0 aliphatic carbocycles. The van der Waals surface area contributed by atoms with Gasteiger partial charge in [0.1, 0.15) is 0 Å². The molecule has 0 aliphatic heterocycles. The van der Waals surface area contributed by atoms with Crippen LogP contribution >= 0.6 is 0 Å². The maximum atomic E-state index is 8.16. The fourth-order valence-electron chi connectivity index (χ4n) is 7.39. The van der Waals surface area contributed by atoms with Crippen LogP contribution in [0.1, 0.15) is 96.8 Å². The van der Waals surface area contributed by atoms with Crippen LogP contribution in [0.4, 0.5) is 0 Å². The standard InChI is InChI=1S/C37H32N3O.C15H16N.Ir/c1-22(2)30-20-26(25-12-7-6-8-13-25)21-31(23(3)4)34(30)40-33-17-10-9-16-32(33)39-36(40)29-15-11-14-27-28-19-18-24(5)38-37(28)41-35(27)29;1-11(2)14-9-15(16-10-12(14)3)13-7-5-4-6-8-13;/h6-14,16-23H,1-5H3;4-7,9-11H,1-3H3;/q2*-1;/i5D3;3D3,11D;. The summed E-state index contributed by atoms with van der Waals surface area (Å²) in [5.41, 5.74) is 11.4. The topological polar surface area (TPSA) is 56.7 Å². The number of pyridine rings is 2. The van der Waals surface area contributed by atoms with E-state index in [1.165, 1.54) is 28.5 Å². The van der Waals surface area contributed by atoms with Crippen LogP contribution in [0.3, 0.4) is 0 Å². The Balaban J connectivity index is 0.000000253. The Morgan fingerprint density at radius 3 is 2.12 bits per heavy atom. The molecule has 9 rings (SSSR count). The van der Waals surface area contributed by atoms with Crippen molar-refractivity contribution in [3.8, 4) is 39.5 Å². The number of aromatic nitrogens is 4. The van der Waals surface area contributed by atoms with E-state index in [2.05, 4.69) is 96.8 Å². The minimum Gasteiger partial charge on any atom is -0.486 e. The van der Waals surface area contributed by atoms with Crippen molar-refractivity contribution in [3.05, 3.63) is 168 Å². The van der Waals surface area contributed by atoms with Crippen LogP contribution in [0.25, 0.3) is 72.6 Å². The summed E-state index contributed by atoms with van der Waals surface area (Å²) in [7, 11) is 0. The minimum atomic E-state index is -2.33. The van der Waals surface area contributed by atoms with Crippen LogP contribution in [0, 0.1) is 25.8 Å². The molecular weight excluding hydrogens is 889 g/mol. The summed E-state index contributed by atoms with van der Waals surface area (Å²) in [5.74, 6) is 0.168. The van der Waals surface area contributed by atoms with Crippen LogP contribution in [0.5, 0.6) is 0 Å². The first-order valence-corrected chi connectivity index (χ1v) is 19.2. The quantitative estimate of drug-likeness (QED) is 0.149. The van der Waals surface area contributed by atoms with Gasteiger partial charge in [-0.05, 0) is 107 Å². The number of aryl methyl sites for hydroxylation is 2. The fraction of sp³-hybridized carbons (Fsp3) is 0.212. The number of hydrogen-bond acceptors (Lipinski definition) is 4. The van der Waals surface area contributed by atoms with Crippen molar-refractivity contribution in [3.63, 3.8) is 0 Å². The van der Waals surface area contributed by atoms with E-state index in [1.807, 2.05) is 54.6 Å². The van der Waals surface area contributed by atoms with Crippen molar-refractivity contribution in [1.82, 2.24) is 19.5 Å². The van der Waals surface area contributed by atoms with Crippen LogP contribution in [-0.4, -0.2) is 19.5 Å². The van der Waals surface area contributed by atoms with E-state index in [9.17, 15) is 0 Å². The van der Waals surface area contributed by atoms with E-state index < -0.39 is 19.6 Å². The molecule has 293 valence electrons. The number of nitrogens with zero attached hydrogens (tertiary/aromatic N) is 4. The zero-order valence-electron chi connectivity index (χ0n) is 40.3. The average molecular weight is 944 g/mol. The summed E-state index contributed by atoms with van der Waals surface area (Å²) < 4.78 is 63.0. The SMILES string of the molecule is [2H]C([2H])([2H])c1ccc2c(n1)oc1c(-c3nc4ccccc4n3-c3c(C(C)C)cc(-c4ccccc4)cc3C(C)C)[c-]ccc12.[2H]C([2H])([2H])c1cnc(-c2[c-]cccc2)cc1C([2H])(C)C.[Ir]. The van der Waals surface area contributed by atoms with Gasteiger partial charge in [-0.2, -0.15) is 0 Å². The molecule has 0 amide bonds. The van der Waals surface area contributed by atoms with Gasteiger partial charge in [-0.3, -0.25) is 4.98 Å². The van der Waals surface area contributed by atoms with Gasteiger partial charge in [0.2, 0.25) is 5.71 Å². The fourth-order valence-corrected chi connectivity index (χ4v) is 7.39. The van der Waals surface area contributed by atoms with E-state index in [0.717, 1.165) is 33.1 Å². The summed E-state index contributed by atoms with van der Waals surface area (Å²) in [4.78, 5) is 13.8. The first-order valence-electron chi connectivity index (χ1n) is 22.7. The Morgan fingerprint density at radius 2 is 1.43 bits per heavy atom. The molecule has 58 heavy (non-hydrogen) atoms. The summed E-state index contributed by atoms with van der Waals surface area (Å²) >= 11 is 0. The minimum absolute atomic E-state index is 0. The van der Waals surface area contributed by atoms with E-state index in [4.69, 9.17) is 19.0 Å². The molecule has 5 aromatic carbocycles. The van der Waals surface area contributed by atoms with Crippen LogP contribution in [0.15, 0.2) is 132 Å². The molecule has 9 aromatic rings. The smallest absolute Gasteiger partial charge is 0.216 e. The Bertz CT molecular complexity index is 3100. The molecule has 0 unspecified atom stereocenters. The predicted octanol–water partition coefficient (Wildman–Crippen LogP) is 14.0. The zero-order chi connectivity index (χ0) is 45.7. The van der Waals surface area contributed by atoms with Crippen molar-refractivity contribution >= 4 is 33.1 Å². The predicted molar refractivity (Wildman–Crippen MR) is 236 cm³/mol. The van der Waals surface area contributed by atoms with Gasteiger partial charge in [-0.15, -0.1) is 54.1 Å². The normalized spacial score (nSPS) is 13.8. The summed E-state index contributed by atoms with van der Waals surface area (Å²) in [6.07, 6.45) is 1.36. The molecule has 5 nitrogen and oxygen atoms in total. The largest absolute Gasteiger partial charge is 0.486 e. The first kappa shape index (κ1) is 32.3. The number of furan rings is 1. The van der Waals surface area contributed by atoms with E-state index in [1.54, 1.807) is 38.1 Å². The number of fused-ring (bicyclic) bond motifs is 4. The molecule has 0 saturated carbocycles. The second-order valence-corrected chi connectivity index (χ2v) is 15.1. The molecule has 0 aliphatic rings. The molecule has 0 atom stereocenters. The molecule has 1 radical (unpaired) electrons. The number of para-hydroxylation sites is 2. The molecule has 0 bridgehead atoms. The van der Waals surface area contributed by atoms with Crippen molar-refractivity contribution in [2.24, 2.45) is 0 Å². The van der Waals surface area contributed by atoms with Crippen LogP contribution in [0.2, 0.25) is 0 Å². The molecule has 4 heterocycles. The molecular formula is C52H48IrN4O-2. The Kier molecular flexibility index (Phi) is 9.49. The number of hydrogen-bond donors (Lipinski definition) is 0. The van der Waals surface area contributed by atoms with Gasteiger partial charge in [0.05, 0.1) is 22.4 Å². The van der Waals surface area contributed by atoms with Gasteiger partial charge in [-0.25, -0.2) is 4.98 Å². The van der Waals surface area contributed by atoms with Gasteiger partial charge in [0, 0.05) is 52.7 Å². The van der Waals surface area contributed by atoms with E-state index in [0.29, 0.717) is 28.2 Å². The Morgan fingerprint density at radius 1 is 0.690 bits per heavy atom. The molecule has 4 aromatic heterocycles. The maximum Gasteiger partial charge on any atom is 0.216 e. The molecule has 0 fully saturated rings. The first-order chi connectivity index (χ1) is 30.3. The van der Waals surface area contributed by atoms with E-state index in [-0.39, 0.29) is 48.9 Å². The maximum absolute atomic E-state index is 8.16. The van der Waals surface area contributed by atoms with Gasteiger partial charge < -0.3 is 14.0 Å². The molecule has 0 spiro atoms. The second kappa shape index (κ2) is 17.0. The molecule has 0 saturated heterocycles. The third-order valence-electron chi connectivity index (χ3n) is 10.3. The second-order valence-electron chi connectivity index (χ2n) is 15.1. The van der Waals surface area contributed by atoms with E-state index >= 15 is 0 Å². The molecule has 6 heteroatoms. The third-order valence-corrected chi connectivity index (χ3v) is 10.3. The van der Waals surface area contributed by atoms with Crippen molar-refractivity contribution < 1.29 is 34.1 Å². The van der Waals surface area contributed by atoms with Crippen molar-refractivity contribution in [2.75, 3.05) is 0 Å². The summed E-state index contributed by atoms with van der Waals surface area (Å²) in [5, 5.41) is 1.59. The number of benzene rings is 5. The summed E-state index contributed by atoms with van der Waals surface area (Å²) in [6.45, 7) is 7.69. The zero-order valence-corrected chi connectivity index (χ0v) is 35.7. The third kappa shape index (κ3) is 7.79. The Hall–Kier alpha value is -5.68. The Labute approximate surface area is 365 Å². The van der Waals surface area contributed by atoms with Crippen molar-refractivity contribution in [2.45, 2.75) is 73.0 Å². The van der Waals surface area contributed by atoms with Gasteiger partial charge >= 0.3 is 0 Å². The number of imidazole rings is 1. The molecule has 0 N–H and O–H groups in total. The van der Waals surface area contributed by atoms with Crippen LogP contribution < -0.4 is 0 Å². The van der Waals surface area contributed by atoms with Crippen molar-refractivity contribution in [1.29, 1.82) is 0 Å². The average Bonchev–Trinajstić information content (AvgIpc) is 3.84. The summed E-state index contributed by atoms with van der Waals surface area (Å²) in [6, 6.07) is 46.0. The van der Waals surface area contributed by atoms with Gasteiger partial charge in [0.25, 0.3) is 0 Å². The number of rotatable bonds is 7. The van der Waals surface area contributed by atoms with Gasteiger partial charge in [0.15, 0.2) is 0 Å².